The van der Waals surface area contributed by atoms with Gasteiger partial charge in [0, 0.05) is 23.0 Å². The van der Waals surface area contributed by atoms with Gasteiger partial charge >= 0.3 is 6.18 Å². The number of aromatic hydroxyl groups is 1. The molecule has 3 aromatic rings. The molecule has 0 aliphatic heterocycles. The van der Waals surface area contributed by atoms with Gasteiger partial charge in [-0.15, -0.1) is 0 Å². The molecule has 1 aromatic heterocycles. The van der Waals surface area contributed by atoms with Gasteiger partial charge in [0.15, 0.2) is 0 Å². The highest BCUT2D eigenvalue weighted by atomic mass is 19.4. The summed E-state index contributed by atoms with van der Waals surface area (Å²) in [6.45, 7) is 1.36. The Morgan fingerprint density at radius 1 is 1.03 bits per heavy atom. The molecule has 33 heavy (non-hydrogen) atoms. The number of halogens is 3. The van der Waals surface area contributed by atoms with Crippen LogP contribution in [0.2, 0.25) is 0 Å². The van der Waals surface area contributed by atoms with Crippen LogP contribution >= 0.6 is 0 Å². The maximum atomic E-state index is 13.2. The van der Waals surface area contributed by atoms with E-state index in [0.29, 0.717) is 17.3 Å². The SMILES string of the molecule is Cc1ccc(NC(=O)c2cc(O)cnc2-c2ccc(NC3CCCC3)cc2)cc1C(F)(F)F. The van der Waals surface area contributed by atoms with Crippen LogP contribution in [-0.4, -0.2) is 22.0 Å². The molecule has 0 spiro atoms. The van der Waals surface area contributed by atoms with Crippen LogP contribution in [0.15, 0.2) is 54.7 Å². The lowest BCUT2D eigenvalue weighted by molar-refractivity contribution is -0.138. The molecule has 8 heteroatoms. The van der Waals surface area contributed by atoms with E-state index in [1.54, 1.807) is 0 Å². The molecule has 1 fully saturated rings. The van der Waals surface area contributed by atoms with Gasteiger partial charge in [-0.1, -0.05) is 31.0 Å². The molecule has 1 saturated carbocycles. The summed E-state index contributed by atoms with van der Waals surface area (Å²) < 4.78 is 39.7. The highest BCUT2D eigenvalue weighted by Gasteiger charge is 2.32. The van der Waals surface area contributed by atoms with Crippen molar-refractivity contribution in [1.82, 2.24) is 4.98 Å². The number of aryl methyl sites for hydroxylation is 1. The third-order valence-electron chi connectivity index (χ3n) is 5.80. The van der Waals surface area contributed by atoms with Crippen LogP contribution in [0.3, 0.4) is 0 Å². The minimum absolute atomic E-state index is 0.00308. The van der Waals surface area contributed by atoms with Crippen LogP contribution in [0.4, 0.5) is 24.5 Å². The van der Waals surface area contributed by atoms with Gasteiger partial charge in [-0.3, -0.25) is 9.78 Å². The second-order valence-corrected chi connectivity index (χ2v) is 8.27. The maximum Gasteiger partial charge on any atom is 0.416 e. The van der Waals surface area contributed by atoms with Crippen molar-refractivity contribution in [3.63, 3.8) is 0 Å². The molecule has 172 valence electrons. The third kappa shape index (κ3) is 5.27. The smallest absolute Gasteiger partial charge is 0.416 e. The average molecular weight is 455 g/mol. The molecule has 2 aromatic carbocycles. The summed E-state index contributed by atoms with van der Waals surface area (Å²) >= 11 is 0. The molecule has 0 saturated heterocycles. The first-order valence-corrected chi connectivity index (χ1v) is 10.8. The number of nitrogens with one attached hydrogen (secondary N) is 2. The standard InChI is InChI=1S/C25H24F3N3O2/c1-15-6-9-19(12-22(15)25(26,27)28)31-24(33)21-13-20(32)14-29-23(21)16-7-10-18(11-8-16)30-17-4-2-3-5-17/h6-14,17,30,32H,2-5H2,1H3,(H,31,33). The van der Waals surface area contributed by atoms with Gasteiger partial charge in [0.25, 0.3) is 5.91 Å². The Kier molecular flexibility index (Phi) is 6.26. The minimum Gasteiger partial charge on any atom is -0.506 e. The summed E-state index contributed by atoms with van der Waals surface area (Å²) in [7, 11) is 0. The number of carbonyl (C=O) groups excluding carboxylic acids is 1. The number of amides is 1. The average Bonchev–Trinajstić information content (AvgIpc) is 3.28. The van der Waals surface area contributed by atoms with Gasteiger partial charge in [-0.25, -0.2) is 0 Å². The lowest BCUT2D eigenvalue weighted by atomic mass is 10.0. The highest BCUT2D eigenvalue weighted by Crippen LogP contribution is 2.34. The fourth-order valence-corrected chi connectivity index (χ4v) is 4.09. The number of benzene rings is 2. The van der Waals surface area contributed by atoms with Crippen LogP contribution in [0.5, 0.6) is 5.75 Å². The largest absolute Gasteiger partial charge is 0.506 e. The molecule has 1 amide bonds. The Morgan fingerprint density at radius 2 is 1.70 bits per heavy atom. The molecule has 4 rings (SSSR count). The highest BCUT2D eigenvalue weighted by molar-refractivity contribution is 6.08. The first-order valence-electron chi connectivity index (χ1n) is 10.8. The summed E-state index contributed by atoms with van der Waals surface area (Å²) in [5.74, 6) is -0.887. The van der Waals surface area contributed by atoms with Crippen molar-refractivity contribution in [2.45, 2.75) is 44.8 Å². The number of anilines is 2. The third-order valence-corrected chi connectivity index (χ3v) is 5.80. The second kappa shape index (κ2) is 9.13. The Hall–Kier alpha value is -3.55. The van der Waals surface area contributed by atoms with Crippen molar-refractivity contribution in [3.8, 4) is 17.0 Å². The minimum atomic E-state index is -4.53. The van der Waals surface area contributed by atoms with E-state index >= 15 is 0 Å². The molecule has 1 aliphatic carbocycles. The number of hydrogen-bond acceptors (Lipinski definition) is 4. The first kappa shape index (κ1) is 22.6. The lowest BCUT2D eigenvalue weighted by Gasteiger charge is -2.15. The van der Waals surface area contributed by atoms with Gasteiger partial charge in [0.1, 0.15) is 5.75 Å². The Morgan fingerprint density at radius 3 is 2.36 bits per heavy atom. The van der Waals surface area contributed by atoms with Crippen LogP contribution in [0, 0.1) is 6.92 Å². The van der Waals surface area contributed by atoms with Gasteiger partial charge in [0.2, 0.25) is 0 Å². The molecule has 0 bridgehead atoms. The van der Waals surface area contributed by atoms with Crippen molar-refractivity contribution in [1.29, 1.82) is 0 Å². The fraction of sp³-hybridized carbons (Fsp3) is 0.280. The summed E-state index contributed by atoms with van der Waals surface area (Å²) in [6, 6.07) is 12.8. The van der Waals surface area contributed by atoms with Crippen molar-refractivity contribution in [2.75, 3.05) is 10.6 Å². The van der Waals surface area contributed by atoms with Crippen LogP contribution in [-0.2, 0) is 6.18 Å². The van der Waals surface area contributed by atoms with Gasteiger partial charge in [-0.2, -0.15) is 13.2 Å². The first-order chi connectivity index (χ1) is 15.7. The molecule has 1 heterocycles. The molecular formula is C25H24F3N3O2. The summed E-state index contributed by atoms with van der Waals surface area (Å²) in [5.41, 5.74) is 1.24. The predicted octanol–water partition coefficient (Wildman–Crippen LogP) is 6.39. The van der Waals surface area contributed by atoms with Gasteiger partial charge in [0.05, 0.1) is 23.0 Å². The van der Waals surface area contributed by atoms with E-state index in [0.717, 1.165) is 24.6 Å². The number of alkyl halides is 3. The molecule has 0 atom stereocenters. The number of carbonyl (C=O) groups is 1. The van der Waals surface area contributed by atoms with Crippen LogP contribution < -0.4 is 10.6 Å². The van der Waals surface area contributed by atoms with Crippen molar-refractivity contribution >= 4 is 17.3 Å². The van der Waals surface area contributed by atoms with Gasteiger partial charge < -0.3 is 15.7 Å². The predicted molar refractivity (Wildman–Crippen MR) is 121 cm³/mol. The monoisotopic (exact) mass is 455 g/mol. The van der Waals surface area contributed by atoms with Gasteiger partial charge in [-0.05, 0) is 55.7 Å². The zero-order chi connectivity index (χ0) is 23.6. The van der Waals surface area contributed by atoms with E-state index in [9.17, 15) is 23.1 Å². The molecule has 3 N–H and O–H groups in total. The summed E-state index contributed by atoms with van der Waals surface area (Å²) in [4.78, 5) is 17.2. The normalized spacial score (nSPS) is 14.3. The summed E-state index contributed by atoms with van der Waals surface area (Å²) in [6.07, 6.45) is 1.41. The second-order valence-electron chi connectivity index (χ2n) is 8.27. The van der Waals surface area contributed by atoms with Crippen LogP contribution in [0.25, 0.3) is 11.3 Å². The molecule has 0 radical (unpaired) electrons. The van der Waals surface area contributed by atoms with E-state index in [-0.39, 0.29) is 22.6 Å². The van der Waals surface area contributed by atoms with E-state index in [2.05, 4.69) is 15.6 Å². The van der Waals surface area contributed by atoms with E-state index in [4.69, 9.17) is 0 Å². The van der Waals surface area contributed by atoms with E-state index in [1.807, 2.05) is 24.3 Å². The zero-order valence-corrected chi connectivity index (χ0v) is 18.0. The number of aromatic nitrogens is 1. The van der Waals surface area contributed by atoms with E-state index < -0.39 is 17.6 Å². The summed E-state index contributed by atoms with van der Waals surface area (Å²) in [5, 5.41) is 15.9. The Bertz CT molecular complexity index is 1150. The molecule has 1 aliphatic rings. The van der Waals surface area contributed by atoms with Crippen molar-refractivity contribution < 1.29 is 23.1 Å². The number of pyridine rings is 1. The Labute approximate surface area is 189 Å². The van der Waals surface area contributed by atoms with Crippen molar-refractivity contribution in [3.05, 3.63) is 71.4 Å². The van der Waals surface area contributed by atoms with E-state index in [1.165, 1.54) is 44.2 Å². The molecule has 5 nitrogen and oxygen atoms in total. The zero-order valence-electron chi connectivity index (χ0n) is 18.0. The van der Waals surface area contributed by atoms with Crippen molar-refractivity contribution in [2.24, 2.45) is 0 Å². The fourth-order valence-electron chi connectivity index (χ4n) is 4.09. The van der Waals surface area contributed by atoms with Crippen LogP contribution in [0.1, 0.15) is 47.2 Å². The molecular weight excluding hydrogens is 431 g/mol. The molecule has 0 unspecified atom stereocenters. The number of rotatable bonds is 5. The quantitative estimate of drug-likeness (QED) is 0.417. The number of hydrogen-bond donors (Lipinski definition) is 3. The topological polar surface area (TPSA) is 74.2 Å². The Balaban J connectivity index is 1.59. The lowest BCUT2D eigenvalue weighted by Crippen LogP contribution is -2.15. The number of nitrogens with zero attached hydrogens (tertiary/aromatic N) is 1. The maximum absolute atomic E-state index is 13.2.